The summed E-state index contributed by atoms with van der Waals surface area (Å²) in [6, 6.07) is 0. The molecule has 1 N–H and O–H groups in total. The number of carbonyl (C=O) groups is 2. The molecular formula is C22H30O3. The Morgan fingerprint density at radius 3 is 2.80 bits per heavy atom. The lowest BCUT2D eigenvalue weighted by Crippen LogP contribution is -2.45. The van der Waals surface area contributed by atoms with Crippen LogP contribution < -0.4 is 0 Å². The molecule has 0 amide bonds. The minimum absolute atomic E-state index is 0.0218. The van der Waals surface area contributed by atoms with Crippen molar-refractivity contribution in [3.8, 4) is 0 Å². The first kappa shape index (κ1) is 17.2. The number of aliphatic hydroxyl groups excluding tert-OH is 1. The molecule has 0 spiro atoms. The van der Waals surface area contributed by atoms with Gasteiger partial charge < -0.3 is 5.11 Å². The van der Waals surface area contributed by atoms with E-state index in [9.17, 15) is 14.7 Å². The van der Waals surface area contributed by atoms with Crippen LogP contribution in [-0.2, 0) is 9.59 Å². The fourth-order valence-electron chi connectivity index (χ4n) is 6.94. The maximum Gasteiger partial charge on any atom is 0.162 e. The van der Waals surface area contributed by atoms with Crippen molar-refractivity contribution < 1.29 is 14.7 Å². The van der Waals surface area contributed by atoms with Crippen molar-refractivity contribution in [2.24, 2.45) is 34.5 Å². The first-order valence-corrected chi connectivity index (χ1v) is 9.86. The van der Waals surface area contributed by atoms with Crippen LogP contribution in [0.5, 0.6) is 0 Å². The van der Waals surface area contributed by atoms with E-state index in [4.69, 9.17) is 0 Å². The average molecular weight is 342 g/mol. The molecule has 0 radical (unpaired) electrons. The van der Waals surface area contributed by atoms with Crippen LogP contribution in [-0.4, -0.2) is 23.3 Å². The molecule has 0 aliphatic heterocycles. The molecule has 3 heteroatoms. The highest BCUT2D eigenvalue weighted by molar-refractivity contribution is 5.84. The Balaban J connectivity index is 1.73. The lowest BCUT2D eigenvalue weighted by atomic mass is 9.51. The Morgan fingerprint density at radius 1 is 1.32 bits per heavy atom. The fourth-order valence-corrected chi connectivity index (χ4v) is 6.94. The predicted molar refractivity (Wildman–Crippen MR) is 96.8 cm³/mol. The summed E-state index contributed by atoms with van der Waals surface area (Å²) in [7, 11) is 0. The van der Waals surface area contributed by atoms with Gasteiger partial charge in [0, 0.05) is 24.2 Å². The van der Waals surface area contributed by atoms with Gasteiger partial charge in [-0.1, -0.05) is 44.1 Å². The third-order valence-corrected chi connectivity index (χ3v) is 8.16. The van der Waals surface area contributed by atoms with E-state index in [1.807, 2.05) is 0 Å². The quantitative estimate of drug-likeness (QED) is 0.775. The number of aliphatic hydroxyl groups is 1. The van der Waals surface area contributed by atoms with Crippen molar-refractivity contribution in [1.29, 1.82) is 0 Å². The number of allylic oxidation sites excluding steroid dienone is 4. The van der Waals surface area contributed by atoms with Crippen LogP contribution >= 0.6 is 0 Å². The Bertz CT molecular complexity index is 687. The van der Waals surface area contributed by atoms with Crippen LogP contribution in [0.4, 0.5) is 0 Å². The Kier molecular flexibility index (Phi) is 3.88. The summed E-state index contributed by atoms with van der Waals surface area (Å²) in [5.74, 6) is 1.73. The van der Waals surface area contributed by atoms with Crippen molar-refractivity contribution in [3.63, 3.8) is 0 Å². The van der Waals surface area contributed by atoms with Crippen molar-refractivity contribution in [2.45, 2.75) is 59.3 Å². The monoisotopic (exact) mass is 342 g/mol. The molecule has 4 aliphatic rings. The lowest BCUT2D eigenvalue weighted by Gasteiger charge is -2.52. The minimum Gasteiger partial charge on any atom is -0.389 e. The number of fused-ring (bicyclic) bond motifs is 5. The topological polar surface area (TPSA) is 54.4 Å². The number of Topliss-reactive ketones (excluding diaryl/α,β-unsaturated/α-hetero) is 2. The van der Waals surface area contributed by atoms with Gasteiger partial charge in [0.1, 0.15) is 12.4 Å². The number of hydrogen-bond donors (Lipinski definition) is 1. The molecule has 4 rings (SSSR count). The summed E-state index contributed by atoms with van der Waals surface area (Å²) < 4.78 is 0. The number of rotatable bonds is 2. The van der Waals surface area contributed by atoms with Crippen molar-refractivity contribution in [2.75, 3.05) is 6.61 Å². The Hall–Kier alpha value is -1.22. The second kappa shape index (κ2) is 5.64. The summed E-state index contributed by atoms with van der Waals surface area (Å²) in [4.78, 5) is 24.4. The molecule has 0 aromatic heterocycles. The van der Waals surface area contributed by atoms with Crippen LogP contribution in [0, 0.1) is 34.5 Å². The first-order valence-electron chi connectivity index (χ1n) is 9.86. The van der Waals surface area contributed by atoms with Gasteiger partial charge in [-0.15, -0.1) is 0 Å². The molecule has 25 heavy (non-hydrogen) atoms. The van der Waals surface area contributed by atoms with Gasteiger partial charge in [0.05, 0.1) is 0 Å². The van der Waals surface area contributed by atoms with Crippen LogP contribution in [0.3, 0.4) is 0 Å². The predicted octanol–water partition coefficient (Wildman–Crippen LogP) is 3.86. The van der Waals surface area contributed by atoms with E-state index in [0.29, 0.717) is 36.4 Å². The molecule has 6 atom stereocenters. The van der Waals surface area contributed by atoms with Gasteiger partial charge in [-0.3, -0.25) is 9.59 Å². The summed E-state index contributed by atoms with van der Waals surface area (Å²) in [6.07, 6.45) is 10.0. The Morgan fingerprint density at radius 2 is 2.08 bits per heavy atom. The fraction of sp³-hybridized carbons (Fsp3) is 0.727. The summed E-state index contributed by atoms with van der Waals surface area (Å²) in [5, 5.41) is 9.46. The van der Waals surface area contributed by atoms with Gasteiger partial charge in [0.2, 0.25) is 0 Å². The molecule has 0 aromatic carbocycles. The molecule has 136 valence electrons. The smallest absolute Gasteiger partial charge is 0.162 e. The largest absolute Gasteiger partial charge is 0.389 e. The first-order chi connectivity index (χ1) is 11.8. The maximum absolute atomic E-state index is 12.5. The zero-order valence-electron chi connectivity index (χ0n) is 15.7. The number of hydrogen-bond acceptors (Lipinski definition) is 3. The molecule has 0 aromatic rings. The van der Waals surface area contributed by atoms with Gasteiger partial charge in [0.25, 0.3) is 0 Å². The zero-order chi connectivity index (χ0) is 18.0. The molecule has 4 aliphatic carbocycles. The molecule has 0 heterocycles. The lowest BCUT2D eigenvalue weighted by molar-refractivity contribution is -0.131. The van der Waals surface area contributed by atoms with E-state index < -0.39 is 0 Å². The third kappa shape index (κ3) is 2.27. The zero-order valence-corrected chi connectivity index (χ0v) is 15.7. The number of carbonyl (C=O) groups excluding carboxylic acids is 2. The molecule has 3 nitrogen and oxygen atoms in total. The highest BCUT2D eigenvalue weighted by atomic mass is 16.3. The molecule has 2 saturated carbocycles. The van der Waals surface area contributed by atoms with Crippen LogP contribution in [0.1, 0.15) is 59.3 Å². The molecule has 2 fully saturated rings. The van der Waals surface area contributed by atoms with Gasteiger partial charge in [-0.25, -0.2) is 0 Å². The van der Waals surface area contributed by atoms with E-state index in [0.717, 1.165) is 25.7 Å². The van der Waals surface area contributed by atoms with Gasteiger partial charge in [0.15, 0.2) is 5.78 Å². The molecular weight excluding hydrogens is 312 g/mol. The highest BCUT2D eigenvalue weighted by Crippen LogP contribution is 2.65. The van der Waals surface area contributed by atoms with E-state index in [2.05, 4.69) is 32.9 Å². The van der Waals surface area contributed by atoms with Crippen molar-refractivity contribution >= 4 is 11.6 Å². The Labute approximate surface area is 150 Å². The van der Waals surface area contributed by atoms with Crippen LogP contribution in [0.2, 0.25) is 0 Å². The van der Waals surface area contributed by atoms with E-state index in [-0.39, 0.29) is 29.1 Å². The van der Waals surface area contributed by atoms with Gasteiger partial charge in [-0.2, -0.15) is 0 Å². The standard InChI is InChI=1S/C22H30O3/c1-13-10-18-16-5-4-14-11-15(24)6-8-21(14,2)17(16)7-9-22(18,3)20(13)19(25)12-23/h4,7,13,16,18,20,23H,5-6,8-12H2,1-3H3/t13-,16?,18?,20-,21+,22+/m1/s1. The second-order valence-electron chi connectivity index (χ2n) is 9.41. The third-order valence-electron chi connectivity index (χ3n) is 8.16. The normalized spacial score (nSPS) is 45.8. The van der Waals surface area contributed by atoms with E-state index in [1.165, 1.54) is 5.57 Å². The highest BCUT2D eigenvalue weighted by Gasteiger charge is 2.59. The molecule has 0 saturated heterocycles. The van der Waals surface area contributed by atoms with Crippen LogP contribution in [0.25, 0.3) is 0 Å². The minimum atomic E-state index is -0.331. The van der Waals surface area contributed by atoms with Gasteiger partial charge in [-0.05, 0) is 48.9 Å². The summed E-state index contributed by atoms with van der Waals surface area (Å²) in [5.41, 5.74) is 2.91. The summed E-state index contributed by atoms with van der Waals surface area (Å²) >= 11 is 0. The summed E-state index contributed by atoms with van der Waals surface area (Å²) in [6.45, 7) is 6.47. The average Bonchev–Trinajstić information content (AvgIpc) is 2.85. The van der Waals surface area contributed by atoms with Gasteiger partial charge >= 0.3 is 0 Å². The van der Waals surface area contributed by atoms with Crippen molar-refractivity contribution in [1.82, 2.24) is 0 Å². The molecule has 0 bridgehead atoms. The van der Waals surface area contributed by atoms with E-state index >= 15 is 0 Å². The maximum atomic E-state index is 12.5. The second-order valence-corrected chi connectivity index (χ2v) is 9.41. The van der Waals surface area contributed by atoms with Crippen molar-refractivity contribution in [3.05, 3.63) is 23.3 Å². The number of ketones is 2. The SMILES string of the molecule is C[C@@H]1CC2C3CC=C4CC(=O)CC[C@]4(C)C3=CC[C@]2(C)[C@H]1C(=O)CO. The molecule has 2 unspecified atom stereocenters. The van der Waals surface area contributed by atoms with Crippen LogP contribution in [0.15, 0.2) is 23.3 Å². The van der Waals surface area contributed by atoms with E-state index in [1.54, 1.807) is 5.57 Å².